The number of methoxy groups -OCH3 is 1. The molecule has 0 spiro atoms. The van der Waals surface area contributed by atoms with E-state index in [0.717, 1.165) is 13.3 Å². The van der Waals surface area contributed by atoms with Crippen molar-refractivity contribution in [2.24, 2.45) is 0 Å². The molecular weight excluding hydrogens is 242 g/mol. The van der Waals surface area contributed by atoms with Gasteiger partial charge in [-0.05, 0) is 0 Å². The molecule has 1 heterocycles. The van der Waals surface area contributed by atoms with Crippen LogP contribution in [0.3, 0.4) is 0 Å². The summed E-state index contributed by atoms with van der Waals surface area (Å²) >= 11 is 5.47. The van der Waals surface area contributed by atoms with Crippen LogP contribution in [0.1, 0.15) is 27.9 Å². The molecule has 16 heavy (non-hydrogen) atoms. The van der Waals surface area contributed by atoms with Gasteiger partial charge in [0.05, 0.1) is 23.8 Å². The van der Waals surface area contributed by atoms with Gasteiger partial charge in [-0.1, -0.05) is 11.6 Å². The first kappa shape index (κ1) is 12.3. The molecule has 0 amide bonds. The maximum atomic E-state index is 12.7. The molecule has 1 rings (SSSR count). The van der Waals surface area contributed by atoms with Gasteiger partial charge in [-0.25, -0.2) is 18.6 Å². The molecule has 0 bridgehead atoms. The first-order chi connectivity index (χ1) is 7.52. The lowest BCUT2D eigenvalue weighted by Crippen LogP contribution is -2.09. The van der Waals surface area contributed by atoms with Crippen LogP contribution in [0.25, 0.3) is 0 Å². The summed E-state index contributed by atoms with van der Waals surface area (Å²) in [5.41, 5.74) is -1.73. The minimum absolute atomic E-state index is 0.370. The first-order valence-electron chi connectivity index (χ1n) is 3.97. The lowest BCUT2D eigenvalue weighted by atomic mass is 10.1. The van der Waals surface area contributed by atoms with Gasteiger partial charge < -0.3 is 4.74 Å². The van der Waals surface area contributed by atoms with Gasteiger partial charge in [0.25, 0.3) is 6.43 Å². The Balaban J connectivity index is 3.53. The fourth-order valence-electron chi connectivity index (χ4n) is 1.11. The Labute approximate surface area is 94.4 Å². The number of halogens is 3. The summed E-state index contributed by atoms with van der Waals surface area (Å²) in [5.74, 6) is -0.990. The standard InChI is InChI=1S/C9H5ClF2N2O2/c1-16-9(15)5-3-14-7(10)4(2-13)6(5)8(11)12/h3,8H,1H3. The van der Waals surface area contributed by atoms with Crippen LogP contribution in [-0.2, 0) is 4.74 Å². The number of carbonyl (C=O) groups excluding carboxylic acids is 1. The van der Waals surface area contributed by atoms with Gasteiger partial charge in [-0.3, -0.25) is 0 Å². The number of nitriles is 1. The number of hydrogen-bond donors (Lipinski definition) is 0. The van der Waals surface area contributed by atoms with Crippen LogP contribution in [-0.4, -0.2) is 18.1 Å². The average Bonchev–Trinajstić information content (AvgIpc) is 2.27. The third-order valence-corrected chi connectivity index (χ3v) is 2.09. The molecule has 0 saturated carbocycles. The van der Waals surface area contributed by atoms with Gasteiger partial charge in [0.2, 0.25) is 0 Å². The molecule has 4 nitrogen and oxygen atoms in total. The zero-order valence-electron chi connectivity index (χ0n) is 8.00. The molecule has 84 valence electrons. The summed E-state index contributed by atoms with van der Waals surface area (Å²) < 4.78 is 29.7. The second kappa shape index (κ2) is 4.86. The molecule has 0 radical (unpaired) electrons. The number of esters is 1. The Morgan fingerprint density at radius 1 is 1.69 bits per heavy atom. The predicted octanol–water partition coefficient (Wildman–Crippen LogP) is 2.33. The van der Waals surface area contributed by atoms with E-state index >= 15 is 0 Å². The fraction of sp³-hybridized carbons (Fsp3) is 0.222. The lowest BCUT2D eigenvalue weighted by molar-refractivity contribution is 0.0588. The van der Waals surface area contributed by atoms with E-state index in [1.807, 2.05) is 0 Å². The highest BCUT2D eigenvalue weighted by Crippen LogP contribution is 2.29. The molecule has 0 aliphatic carbocycles. The van der Waals surface area contributed by atoms with Crippen molar-refractivity contribution in [2.45, 2.75) is 6.43 Å². The lowest BCUT2D eigenvalue weighted by Gasteiger charge is -2.08. The Morgan fingerprint density at radius 3 is 2.75 bits per heavy atom. The number of hydrogen-bond acceptors (Lipinski definition) is 4. The van der Waals surface area contributed by atoms with E-state index < -0.39 is 29.1 Å². The average molecular weight is 247 g/mol. The van der Waals surface area contributed by atoms with Crippen molar-refractivity contribution in [1.82, 2.24) is 4.98 Å². The molecule has 0 N–H and O–H groups in total. The first-order valence-corrected chi connectivity index (χ1v) is 4.35. The number of nitrogens with zero attached hydrogens (tertiary/aromatic N) is 2. The third-order valence-electron chi connectivity index (χ3n) is 1.81. The number of carbonyl (C=O) groups is 1. The van der Waals surface area contributed by atoms with E-state index in [1.54, 1.807) is 0 Å². The van der Waals surface area contributed by atoms with Crippen LogP contribution in [0.4, 0.5) is 8.78 Å². The van der Waals surface area contributed by atoms with Gasteiger partial charge in [-0.15, -0.1) is 0 Å². The molecule has 1 aromatic heterocycles. The monoisotopic (exact) mass is 246 g/mol. The topological polar surface area (TPSA) is 63.0 Å². The quantitative estimate of drug-likeness (QED) is 0.593. The van der Waals surface area contributed by atoms with E-state index in [4.69, 9.17) is 16.9 Å². The molecule has 0 fully saturated rings. The molecule has 0 atom stereocenters. The summed E-state index contributed by atoms with van der Waals surface area (Å²) in [6, 6.07) is 1.48. The van der Waals surface area contributed by atoms with Crippen molar-refractivity contribution >= 4 is 17.6 Å². The third kappa shape index (κ3) is 2.09. The molecule has 0 saturated heterocycles. The molecule has 0 aliphatic heterocycles. The van der Waals surface area contributed by atoms with E-state index in [2.05, 4.69) is 9.72 Å². The highest BCUT2D eigenvalue weighted by molar-refractivity contribution is 6.30. The molecule has 0 aliphatic rings. The van der Waals surface area contributed by atoms with Crippen molar-refractivity contribution < 1.29 is 18.3 Å². The van der Waals surface area contributed by atoms with Crippen LogP contribution in [0.15, 0.2) is 6.20 Å². The van der Waals surface area contributed by atoms with Crippen LogP contribution < -0.4 is 0 Å². The SMILES string of the molecule is COC(=O)c1cnc(Cl)c(C#N)c1C(F)F. The van der Waals surface area contributed by atoms with Gasteiger partial charge in [0.1, 0.15) is 11.2 Å². The number of rotatable bonds is 2. The summed E-state index contributed by atoms with van der Waals surface area (Å²) in [4.78, 5) is 14.6. The van der Waals surface area contributed by atoms with Crippen LogP contribution >= 0.6 is 11.6 Å². The van der Waals surface area contributed by atoms with Crippen molar-refractivity contribution in [3.63, 3.8) is 0 Å². The molecule has 1 aromatic rings. The number of ether oxygens (including phenoxy) is 1. The van der Waals surface area contributed by atoms with Crippen LogP contribution in [0.5, 0.6) is 0 Å². The summed E-state index contributed by atoms with van der Waals surface area (Å²) in [5, 5.41) is 8.30. The highest BCUT2D eigenvalue weighted by atomic mass is 35.5. The second-order valence-electron chi connectivity index (χ2n) is 2.66. The maximum absolute atomic E-state index is 12.7. The van der Waals surface area contributed by atoms with E-state index in [0.29, 0.717) is 0 Å². The van der Waals surface area contributed by atoms with E-state index in [-0.39, 0.29) is 5.15 Å². The number of pyridine rings is 1. The van der Waals surface area contributed by atoms with Crippen molar-refractivity contribution in [3.8, 4) is 6.07 Å². The Kier molecular flexibility index (Phi) is 3.74. The van der Waals surface area contributed by atoms with Crippen molar-refractivity contribution in [3.05, 3.63) is 28.0 Å². The zero-order valence-corrected chi connectivity index (χ0v) is 8.76. The summed E-state index contributed by atoms with van der Waals surface area (Å²) in [7, 11) is 1.04. The highest BCUT2D eigenvalue weighted by Gasteiger charge is 2.25. The Hall–Kier alpha value is -1.74. The normalized spacial score (nSPS) is 10.0. The Bertz CT molecular complexity index is 471. The maximum Gasteiger partial charge on any atom is 0.339 e. The molecule has 7 heteroatoms. The molecule has 0 unspecified atom stereocenters. The van der Waals surface area contributed by atoms with Crippen molar-refractivity contribution in [1.29, 1.82) is 5.26 Å². The van der Waals surface area contributed by atoms with Crippen LogP contribution in [0, 0.1) is 11.3 Å². The van der Waals surface area contributed by atoms with Gasteiger partial charge in [0.15, 0.2) is 0 Å². The fourth-order valence-corrected chi connectivity index (χ4v) is 1.30. The summed E-state index contributed by atoms with van der Waals surface area (Å²) in [6.45, 7) is 0. The van der Waals surface area contributed by atoms with Gasteiger partial charge in [-0.2, -0.15) is 5.26 Å². The number of alkyl halides is 2. The van der Waals surface area contributed by atoms with Gasteiger partial charge in [0, 0.05) is 6.20 Å². The molecular formula is C9H5ClF2N2O2. The minimum atomic E-state index is -3.01. The van der Waals surface area contributed by atoms with E-state index in [1.165, 1.54) is 6.07 Å². The largest absolute Gasteiger partial charge is 0.465 e. The van der Waals surface area contributed by atoms with Crippen molar-refractivity contribution in [2.75, 3.05) is 7.11 Å². The van der Waals surface area contributed by atoms with Gasteiger partial charge >= 0.3 is 5.97 Å². The van der Waals surface area contributed by atoms with E-state index in [9.17, 15) is 13.6 Å². The zero-order chi connectivity index (χ0) is 12.3. The van der Waals surface area contributed by atoms with Crippen LogP contribution in [0.2, 0.25) is 5.15 Å². The second-order valence-corrected chi connectivity index (χ2v) is 3.01. The smallest absolute Gasteiger partial charge is 0.339 e. The minimum Gasteiger partial charge on any atom is -0.465 e. The molecule has 0 aromatic carbocycles. The summed E-state index contributed by atoms with van der Waals surface area (Å²) in [6.07, 6.45) is -2.15. The number of aromatic nitrogens is 1. The predicted molar refractivity (Wildman–Crippen MR) is 50.3 cm³/mol. The Morgan fingerprint density at radius 2 is 2.31 bits per heavy atom.